The number of benzene rings is 1. The predicted molar refractivity (Wildman–Crippen MR) is 79.5 cm³/mol. The fourth-order valence-electron chi connectivity index (χ4n) is 1.67. The highest BCUT2D eigenvalue weighted by Gasteiger charge is 2.22. The van der Waals surface area contributed by atoms with E-state index in [-0.39, 0.29) is 5.75 Å². The van der Waals surface area contributed by atoms with Gasteiger partial charge in [-0.2, -0.15) is 13.7 Å². The maximum Gasteiger partial charge on any atom is 0.276 e. The molecule has 0 spiro atoms. The summed E-state index contributed by atoms with van der Waals surface area (Å²) < 4.78 is 28.7. The molecule has 0 amide bonds. The van der Waals surface area contributed by atoms with Crippen LogP contribution in [0.2, 0.25) is 0 Å². The molecule has 1 aromatic carbocycles. The third kappa shape index (κ3) is 5.64. The number of hydrogen-bond donors (Lipinski definition) is 0. The highest BCUT2D eigenvalue weighted by atomic mass is 32.3. The van der Waals surface area contributed by atoms with E-state index in [0.29, 0.717) is 17.7 Å². The molecule has 0 bridgehead atoms. The van der Waals surface area contributed by atoms with Crippen LogP contribution in [0.25, 0.3) is 0 Å². The summed E-state index contributed by atoms with van der Waals surface area (Å²) in [6, 6.07) is 9.18. The minimum atomic E-state index is -3.44. The number of hydrogen-bond acceptors (Lipinski definition) is 4. The van der Waals surface area contributed by atoms with Crippen LogP contribution in [0.15, 0.2) is 24.3 Å². The highest BCUT2D eigenvalue weighted by molar-refractivity contribution is 8.31. The average Bonchev–Trinajstić information content (AvgIpc) is 2.27. The van der Waals surface area contributed by atoms with E-state index in [0.717, 1.165) is 5.56 Å². The summed E-state index contributed by atoms with van der Waals surface area (Å²) in [5.74, 6) is 0.610. The fourth-order valence-corrected chi connectivity index (χ4v) is 5.87. The first-order valence-electron chi connectivity index (χ1n) is 5.92. The summed E-state index contributed by atoms with van der Waals surface area (Å²) >= 11 is 0. The molecule has 0 saturated carbocycles. The molecular formula is C13H19NO3S2. The lowest BCUT2D eigenvalue weighted by Crippen LogP contribution is -2.14. The van der Waals surface area contributed by atoms with Crippen molar-refractivity contribution in [2.24, 2.45) is 0 Å². The van der Waals surface area contributed by atoms with Gasteiger partial charge in [0.1, 0.15) is 0 Å². The van der Waals surface area contributed by atoms with Gasteiger partial charge in [0.2, 0.25) is 0 Å². The second-order valence-electron chi connectivity index (χ2n) is 4.72. The van der Waals surface area contributed by atoms with E-state index >= 15 is 0 Å². The van der Waals surface area contributed by atoms with E-state index in [9.17, 15) is 8.42 Å². The molecule has 6 heteroatoms. The molecule has 0 aliphatic heterocycles. The third-order valence-corrected chi connectivity index (χ3v) is 6.58. The molecule has 106 valence electrons. The van der Waals surface area contributed by atoms with Crippen LogP contribution in [0.5, 0.6) is 0 Å². The van der Waals surface area contributed by atoms with Gasteiger partial charge in [0, 0.05) is 5.75 Å². The van der Waals surface area contributed by atoms with Crippen LogP contribution in [-0.2, 0) is 19.5 Å². The Kier molecular flexibility index (Phi) is 5.41. The Labute approximate surface area is 117 Å². The summed E-state index contributed by atoms with van der Waals surface area (Å²) in [7, 11) is -5.14. The van der Waals surface area contributed by atoms with Gasteiger partial charge in [0.25, 0.3) is 10.1 Å². The van der Waals surface area contributed by atoms with Crippen LogP contribution in [0.4, 0.5) is 0 Å². The first kappa shape index (κ1) is 16.0. The predicted octanol–water partition coefficient (Wildman–Crippen LogP) is 2.79. The van der Waals surface area contributed by atoms with Crippen molar-refractivity contribution in [2.45, 2.75) is 19.1 Å². The highest BCUT2D eigenvalue weighted by Crippen LogP contribution is 2.46. The third-order valence-electron chi connectivity index (χ3n) is 2.34. The summed E-state index contributed by atoms with van der Waals surface area (Å²) in [5.41, 5.74) is 1.57. The number of nitriles is 1. The zero-order valence-corrected chi connectivity index (χ0v) is 13.1. The molecule has 1 aromatic rings. The maximum absolute atomic E-state index is 11.7. The second-order valence-corrected chi connectivity index (χ2v) is 9.95. The average molecular weight is 301 g/mol. The summed E-state index contributed by atoms with van der Waals surface area (Å²) in [6.07, 6.45) is 4.21. The zero-order valence-electron chi connectivity index (χ0n) is 11.4. The standard InChI is InChI=1S/C13H19NO3S2/c1-4-9-19(15,16)17-18(2,3)11-13-7-5-12(10-14)6-8-13/h5-8H,4,9,11H2,1-3H3. The number of nitrogens with zero attached hydrogens (tertiary/aromatic N) is 1. The molecule has 0 saturated heterocycles. The lowest BCUT2D eigenvalue weighted by molar-refractivity contribution is 0.510. The van der Waals surface area contributed by atoms with Crippen molar-refractivity contribution in [1.29, 1.82) is 5.26 Å². The van der Waals surface area contributed by atoms with Crippen LogP contribution < -0.4 is 0 Å². The quantitative estimate of drug-likeness (QED) is 0.810. The van der Waals surface area contributed by atoms with Crippen LogP contribution in [-0.4, -0.2) is 26.7 Å². The molecule has 0 unspecified atom stereocenters. The van der Waals surface area contributed by atoms with Gasteiger partial charge >= 0.3 is 0 Å². The van der Waals surface area contributed by atoms with Crippen LogP contribution in [0, 0.1) is 11.3 Å². The summed E-state index contributed by atoms with van der Waals surface area (Å²) in [4.78, 5) is 0. The molecule has 0 atom stereocenters. The van der Waals surface area contributed by atoms with Crippen molar-refractivity contribution in [1.82, 2.24) is 0 Å². The van der Waals surface area contributed by atoms with E-state index in [1.165, 1.54) is 0 Å². The first-order valence-corrected chi connectivity index (χ1v) is 10.0. The second kappa shape index (κ2) is 6.42. The normalized spacial score (nSPS) is 12.9. The van der Waals surface area contributed by atoms with E-state index in [1.54, 1.807) is 12.1 Å². The van der Waals surface area contributed by atoms with Gasteiger partial charge in [-0.1, -0.05) is 19.1 Å². The Morgan fingerprint density at radius 2 is 1.79 bits per heavy atom. The smallest absolute Gasteiger partial charge is 0.220 e. The first-order chi connectivity index (χ1) is 8.78. The van der Waals surface area contributed by atoms with Crippen LogP contribution in [0.1, 0.15) is 24.5 Å². The summed E-state index contributed by atoms with van der Waals surface area (Å²) in [5, 5.41) is 8.72. The molecule has 0 aromatic heterocycles. The van der Waals surface area contributed by atoms with Crippen molar-refractivity contribution in [3.8, 4) is 6.07 Å². The van der Waals surface area contributed by atoms with Crippen LogP contribution >= 0.6 is 10.3 Å². The van der Waals surface area contributed by atoms with Crippen molar-refractivity contribution in [3.05, 3.63) is 35.4 Å². The molecule has 19 heavy (non-hydrogen) atoms. The van der Waals surface area contributed by atoms with Gasteiger partial charge in [-0.25, -0.2) is 3.63 Å². The minimum Gasteiger partial charge on any atom is -0.220 e. The molecule has 0 aliphatic rings. The Morgan fingerprint density at radius 1 is 1.21 bits per heavy atom. The zero-order chi connectivity index (χ0) is 14.5. The van der Waals surface area contributed by atoms with E-state index in [4.69, 9.17) is 8.89 Å². The molecule has 0 fully saturated rings. The van der Waals surface area contributed by atoms with Crippen molar-refractivity contribution in [2.75, 3.05) is 18.3 Å². The Hall–Kier alpha value is -1.03. The minimum absolute atomic E-state index is 0.0524. The largest absolute Gasteiger partial charge is 0.276 e. The van der Waals surface area contributed by atoms with Gasteiger partial charge < -0.3 is 0 Å². The Morgan fingerprint density at radius 3 is 2.26 bits per heavy atom. The molecule has 0 heterocycles. The molecule has 1 rings (SSSR count). The fraction of sp³-hybridized carbons (Fsp3) is 0.462. The van der Waals surface area contributed by atoms with Crippen molar-refractivity contribution >= 4 is 20.4 Å². The monoisotopic (exact) mass is 301 g/mol. The Bertz CT molecular complexity index is 557. The maximum atomic E-state index is 11.7. The lowest BCUT2D eigenvalue weighted by Gasteiger charge is -2.29. The van der Waals surface area contributed by atoms with Gasteiger partial charge in [-0.15, -0.1) is 10.3 Å². The van der Waals surface area contributed by atoms with Gasteiger partial charge in [-0.05, 0) is 36.6 Å². The molecular weight excluding hydrogens is 282 g/mol. The topological polar surface area (TPSA) is 67.2 Å². The van der Waals surface area contributed by atoms with Gasteiger partial charge in [0.05, 0.1) is 17.4 Å². The lowest BCUT2D eigenvalue weighted by atomic mass is 10.2. The molecule has 0 N–H and O–H groups in total. The number of rotatable bonds is 6. The Balaban J connectivity index is 2.76. The van der Waals surface area contributed by atoms with E-state index in [2.05, 4.69) is 6.07 Å². The molecule has 0 radical (unpaired) electrons. The summed E-state index contributed by atoms with van der Waals surface area (Å²) in [6.45, 7) is 1.81. The molecule has 0 aliphatic carbocycles. The van der Waals surface area contributed by atoms with Gasteiger partial charge in [-0.3, -0.25) is 0 Å². The van der Waals surface area contributed by atoms with E-state index < -0.39 is 20.4 Å². The SMILES string of the molecule is CCCS(=O)(=O)OS(C)(C)Cc1ccc(C#N)cc1. The molecule has 4 nitrogen and oxygen atoms in total. The van der Waals surface area contributed by atoms with Crippen LogP contribution in [0.3, 0.4) is 0 Å². The van der Waals surface area contributed by atoms with Gasteiger partial charge in [0.15, 0.2) is 0 Å². The van der Waals surface area contributed by atoms with Crippen molar-refractivity contribution in [3.63, 3.8) is 0 Å². The van der Waals surface area contributed by atoms with Crippen molar-refractivity contribution < 1.29 is 12.0 Å². The van der Waals surface area contributed by atoms with E-state index in [1.807, 2.05) is 31.6 Å².